The summed E-state index contributed by atoms with van der Waals surface area (Å²) in [4.78, 5) is 11.4. The van der Waals surface area contributed by atoms with Gasteiger partial charge in [0.25, 0.3) is 0 Å². The molecule has 0 aliphatic rings. The summed E-state index contributed by atoms with van der Waals surface area (Å²) in [5.41, 5.74) is 1.54. The molecule has 1 atom stereocenters. The fraction of sp³-hybridized carbons (Fsp3) is 0.500. The van der Waals surface area contributed by atoms with Crippen molar-refractivity contribution < 1.29 is 19.4 Å². The van der Waals surface area contributed by atoms with Gasteiger partial charge in [0, 0.05) is 6.61 Å². The first-order valence-electron chi connectivity index (χ1n) is 6.04. The van der Waals surface area contributed by atoms with Crippen LogP contribution in [0.4, 0.5) is 0 Å². The number of rotatable bonds is 7. The highest BCUT2D eigenvalue weighted by molar-refractivity contribution is 5.96. The van der Waals surface area contributed by atoms with Gasteiger partial charge in [-0.3, -0.25) is 4.79 Å². The van der Waals surface area contributed by atoms with Crippen LogP contribution in [0.15, 0.2) is 18.2 Å². The molecule has 1 unspecified atom stereocenters. The second-order valence-electron chi connectivity index (χ2n) is 4.18. The number of hydrogen-bond donors (Lipinski definition) is 1. The van der Waals surface area contributed by atoms with Crippen molar-refractivity contribution in [3.63, 3.8) is 0 Å². The molecule has 4 nitrogen and oxygen atoms in total. The standard InChI is InChI=1S/C14H20O4/c1-4-17-8-12(16)9-18-14-7-10(2)5-6-13(14)11(3)15/h5-7,12,16H,4,8-9H2,1-3H3. The molecule has 18 heavy (non-hydrogen) atoms. The predicted octanol–water partition coefficient (Wildman–Crippen LogP) is 1.97. The topological polar surface area (TPSA) is 55.8 Å². The SMILES string of the molecule is CCOCC(O)COc1cc(C)ccc1C(C)=O. The average molecular weight is 252 g/mol. The van der Waals surface area contributed by atoms with E-state index < -0.39 is 6.10 Å². The van der Waals surface area contributed by atoms with Crippen LogP contribution < -0.4 is 4.74 Å². The van der Waals surface area contributed by atoms with Gasteiger partial charge in [0.05, 0.1) is 12.2 Å². The second-order valence-corrected chi connectivity index (χ2v) is 4.18. The Morgan fingerprint density at radius 2 is 2.11 bits per heavy atom. The maximum Gasteiger partial charge on any atom is 0.163 e. The first kappa shape index (κ1) is 14.7. The van der Waals surface area contributed by atoms with Crippen molar-refractivity contribution in [2.24, 2.45) is 0 Å². The lowest BCUT2D eigenvalue weighted by Crippen LogP contribution is -2.23. The van der Waals surface area contributed by atoms with Gasteiger partial charge in [0.15, 0.2) is 5.78 Å². The zero-order chi connectivity index (χ0) is 13.5. The van der Waals surface area contributed by atoms with E-state index in [-0.39, 0.29) is 19.0 Å². The summed E-state index contributed by atoms with van der Waals surface area (Å²) in [6.45, 7) is 6.19. The smallest absolute Gasteiger partial charge is 0.163 e. The van der Waals surface area contributed by atoms with E-state index in [1.54, 1.807) is 12.1 Å². The van der Waals surface area contributed by atoms with Gasteiger partial charge in [-0.05, 0) is 38.5 Å². The Kier molecular flexibility index (Phi) is 5.82. The van der Waals surface area contributed by atoms with Crippen LogP contribution >= 0.6 is 0 Å². The lowest BCUT2D eigenvalue weighted by atomic mass is 10.1. The summed E-state index contributed by atoms with van der Waals surface area (Å²) < 4.78 is 10.6. The third kappa shape index (κ3) is 4.47. The van der Waals surface area contributed by atoms with Gasteiger partial charge >= 0.3 is 0 Å². The highest BCUT2D eigenvalue weighted by Crippen LogP contribution is 2.21. The summed E-state index contributed by atoms with van der Waals surface area (Å²) in [6, 6.07) is 5.40. The van der Waals surface area contributed by atoms with Crippen LogP contribution in [0.5, 0.6) is 5.75 Å². The Morgan fingerprint density at radius 1 is 1.39 bits per heavy atom. The zero-order valence-corrected chi connectivity index (χ0v) is 11.1. The molecule has 0 aliphatic carbocycles. The van der Waals surface area contributed by atoms with E-state index in [0.717, 1.165) is 5.56 Å². The van der Waals surface area contributed by atoms with Gasteiger partial charge in [-0.2, -0.15) is 0 Å². The number of benzene rings is 1. The molecule has 1 rings (SSSR count). The monoisotopic (exact) mass is 252 g/mol. The molecular formula is C14H20O4. The predicted molar refractivity (Wildman–Crippen MR) is 69.2 cm³/mol. The molecule has 100 valence electrons. The third-order valence-corrected chi connectivity index (χ3v) is 2.46. The number of aryl methyl sites for hydroxylation is 1. The number of carbonyl (C=O) groups excluding carboxylic acids is 1. The Labute approximate surface area is 108 Å². The molecule has 0 amide bonds. The number of ether oxygens (including phenoxy) is 2. The number of hydrogen-bond acceptors (Lipinski definition) is 4. The highest BCUT2D eigenvalue weighted by atomic mass is 16.5. The molecule has 0 fully saturated rings. The van der Waals surface area contributed by atoms with E-state index in [4.69, 9.17) is 9.47 Å². The van der Waals surface area contributed by atoms with Crippen LogP contribution in [0, 0.1) is 6.92 Å². The van der Waals surface area contributed by atoms with Crippen molar-refractivity contribution >= 4 is 5.78 Å². The Morgan fingerprint density at radius 3 is 2.72 bits per heavy atom. The third-order valence-electron chi connectivity index (χ3n) is 2.46. The molecule has 0 heterocycles. The van der Waals surface area contributed by atoms with E-state index in [1.807, 2.05) is 19.9 Å². The maximum absolute atomic E-state index is 11.4. The number of carbonyl (C=O) groups is 1. The summed E-state index contributed by atoms with van der Waals surface area (Å²) in [7, 11) is 0. The Bertz CT molecular complexity index is 401. The first-order valence-corrected chi connectivity index (χ1v) is 6.04. The van der Waals surface area contributed by atoms with E-state index in [9.17, 15) is 9.90 Å². The summed E-state index contributed by atoms with van der Waals surface area (Å²) >= 11 is 0. The average Bonchev–Trinajstić information content (AvgIpc) is 2.33. The minimum Gasteiger partial charge on any atom is -0.490 e. The van der Waals surface area contributed by atoms with Crippen LogP contribution in [0.2, 0.25) is 0 Å². The van der Waals surface area contributed by atoms with Crippen molar-refractivity contribution in [2.45, 2.75) is 26.9 Å². The van der Waals surface area contributed by atoms with Crippen molar-refractivity contribution in [1.29, 1.82) is 0 Å². The lowest BCUT2D eigenvalue weighted by Gasteiger charge is -2.14. The molecule has 0 aromatic heterocycles. The molecular weight excluding hydrogens is 232 g/mol. The largest absolute Gasteiger partial charge is 0.490 e. The summed E-state index contributed by atoms with van der Waals surface area (Å²) in [6.07, 6.45) is -0.690. The van der Waals surface area contributed by atoms with Crippen LogP contribution in [0.25, 0.3) is 0 Å². The van der Waals surface area contributed by atoms with Crippen LogP contribution in [0.1, 0.15) is 29.8 Å². The first-order chi connectivity index (χ1) is 8.54. The van der Waals surface area contributed by atoms with Gasteiger partial charge in [0.2, 0.25) is 0 Å². The van der Waals surface area contributed by atoms with Crippen molar-refractivity contribution in [1.82, 2.24) is 0 Å². The molecule has 0 saturated heterocycles. The number of aliphatic hydroxyl groups is 1. The lowest BCUT2D eigenvalue weighted by molar-refractivity contribution is 0.0163. The molecule has 1 aromatic carbocycles. The van der Waals surface area contributed by atoms with Crippen LogP contribution in [-0.2, 0) is 4.74 Å². The fourth-order valence-corrected chi connectivity index (χ4v) is 1.53. The van der Waals surface area contributed by atoms with Crippen molar-refractivity contribution in [3.8, 4) is 5.75 Å². The highest BCUT2D eigenvalue weighted by Gasteiger charge is 2.11. The Hall–Kier alpha value is -1.39. The molecule has 4 heteroatoms. The minimum atomic E-state index is -0.690. The molecule has 1 N–H and O–H groups in total. The number of ketones is 1. The van der Waals surface area contributed by atoms with Gasteiger partial charge in [0.1, 0.15) is 18.5 Å². The molecule has 0 saturated carbocycles. The molecule has 0 bridgehead atoms. The molecule has 0 aliphatic heterocycles. The summed E-state index contributed by atoms with van der Waals surface area (Å²) in [5, 5.41) is 9.61. The second kappa shape index (κ2) is 7.13. The van der Waals surface area contributed by atoms with Gasteiger partial charge in [-0.15, -0.1) is 0 Å². The van der Waals surface area contributed by atoms with E-state index in [0.29, 0.717) is 17.9 Å². The van der Waals surface area contributed by atoms with E-state index >= 15 is 0 Å². The number of Topliss-reactive ketones (excluding diaryl/α,β-unsaturated/α-hetero) is 1. The zero-order valence-electron chi connectivity index (χ0n) is 11.1. The van der Waals surface area contributed by atoms with Crippen LogP contribution in [0.3, 0.4) is 0 Å². The fourth-order valence-electron chi connectivity index (χ4n) is 1.53. The molecule has 0 radical (unpaired) electrons. The minimum absolute atomic E-state index is 0.0516. The summed E-state index contributed by atoms with van der Waals surface area (Å²) in [5.74, 6) is 0.461. The van der Waals surface area contributed by atoms with E-state index in [1.165, 1.54) is 6.92 Å². The van der Waals surface area contributed by atoms with E-state index in [2.05, 4.69) is 0 Å². The Balaban J connectivity index is 2.65. The van der Waals surface area contributed by atoms with Crippen molar-refractivity contribution in [2.75, 3.05) is 19.8 Å². The van der Waals surface area contributed by atoms with Gasteiger partial charge in [-0.1, -0.05) is 6.07 Å². The van der Waals surface area contributed by atoms with Gasteiger partial charge < -0.3 is 14.6 Å². The van der Waals surface area contributed by atoms with Crippen LogP contribution in [-0.4, -0.2) is 36.8 Å². The maximum atomic E-state index is 11.4. The number of aliphatic hydroxyl groups excluding tert-OH is 1. The normalized spacial score (nSPS) is 12.2. The molecule has 1 aromatic rings. The molecule has 0 spiro atoms. The van der Waals surface area contributed by atoms with Crippen molar-refractivity contribution in [3.05, 3.63) is 29.3 Å². The quantitative estimate of drug-likeness (QED) is 0.754. The van der Waals surface area contributed by atoms with Gasteiger partial charge in [-0.25, -0.2) is 0 Å².